The second kappa shape index (κ2) is 5.62. The molecular formula is C8HF18+. The maximum Gasteiger partial charge on any atom is 1.00 e. The molecule has 0 nitrogen and oxygen atoms in total. The van der Waals surface area contributed by atoms with Crippen LogP contribution in [-0.2, 0) is 0 Å². The van der Waals surface area contributed by atoms with Gasteiger partial charge in [0.25, 0.3) is 0 Å². The molecule has 0 unspecified atom stereocenters. The van der Waals surface area contributed by atoms with Gasteiger partial charge in [0.2, 0.25) is 0 Å². The third-order valence-corrected chi connectivity index (χ3v) is 2.68. The topological polar surface area (TPSA) is 0 Å². The summed E-state index contributed by atoms with van der Waals surface area (Å²) >= 11 is 0. The van der Waals surface area contributed by atoms with E-state index in [1.54, 1.807) is 0 Å². The minimum Gasteiger partial charge on any atom is -0.192 e. The molecule has 0 aliphatic heterocycles. The van der Waals surface area contributed by atoms with Crippen LogP contribution in [-0.4, -0.2) is 47.9 Å². The van der Waals surface area contributed by atoms with Gasteiger partial charge in [-0.3, -0.25) is 0 Å². The molecule has 0 heterocycles. The molecule has 0 radical (unpaired) electrons. The Morgan fingerprint density at radius 1 is 0.231 bits per heavy atom. The van der Waals surface area contributed by atoms with E-state index in [9.17, 15) is 79.0 Å². The van der Waals surface area contributed by atoms with E-state index in [0.29, 0.717) is 0 Å². The van der Waals surface area contributed by atoms with Crippen LogP contribution in [0, 0.1) is 0 Å². The molecule has 0 aliphatic carbocycles. The standard InChI is InChI=1S/C8F18/c9-1(10,3(13,14)5(17,18)7(21,22)23)2(11,12)4(15,16)6(19,20)8(24,25)26/p+1. The van der Waals surface area contributed by atoms with E-state index >= 15 is 0 Å². The predicted octanol–water partition coefficient (Wildman–Crippen LogP) is 6.04. The lowest BCUT2D eigenvalue weighted by molar-refractivity contribution is -0.468. The third kappa shape index (κ3) is 2.82. The Morgan fingerprint density at radius 3 is 0.462 bits per heavy atom. The number of halogens is 18. The summed E-state index contributed by atoms with van der Waals surface area (Å²) in [6, 6.07) is 0. The third-order valence-electron chi connectivity index (χ3n) is 2.68. The summed E-state index contributed by atoms with van der Waals surface area (Å²) in [6.45, 7) is 0. The Kier molecular flexibility index (Phi) is 5.35. The summed E-state index contributed by atoms with van der Waals surface area (Å²) in [4.78, 5) is 0. The molecule has 0 fully saturated rings. The Labute approximate surface area is 130 Å². The Bertz CT molecular complexity index is 474. The quantitative estimate of drug-likeness (QED) is 0.459. The molecule has 0 rings (SSSR count). The summed E-state index contributed by atoms with van der Waals surface area (Å²) in [5.74, 6) is -51.0. The van der Waals surface area contributed by atoms with Crippen molar-refractivity contribution in [2.24, 2.45) is 0 Å². The van der Waals surface area contributed by atoms with Gasteiger partial charge < -0.3 is 0 Å². The van der Waals surface area contributed by atoms with Crippen molar-refractivity contribution < 1.29 is 80.5 Å². The van der Waals surface area contributed by atoms with E-state index in [2.05, 4.69) is 0 Å². The fourth-order valence-corrected chi connectivity index (χ4v) is 1.14. The zero-order valence-electron chi connectivity index (χ0n) is 11.8. The fourth-order valence-electron chi connectivity index (χ4n) is 1.14. The van der Waals surface area contributed by atoms with Crippen molar-refractivity contribution in [3.63, 3.8) is 0 Å². The monoisotopic (exact) mass is 439 g/mol. The van der Waals surface area contributed by atoms with E-state index < -0.39 is 47.9 Å². The normalized spacial score (nSPS) is 16.8. The zero-order chi connectivity index (χ0) is 22.0. The lowest BCUT2D eigenvalue weighted by Gasteiger charge is -2.41. The van der Waals surface area contributed by atoms with Crippen molar-refractivity contribution in [1.82, 2.24) is 0 Å². The van der Waals surface area contributed by atoms with Crippen LogP contribution in [0.15, 0.2) is 0 Å². The summed E-state index contributed by atoms with van der Waals surface area (Å²) in [5, 5.41) is 0. The number of hydrogen-bond donors (Lipinski definition) is 0. The summed E-state index contributed by atoms with van der Waals surface area (Å²) in [7, 11) is 0. The van der Waals surface area contributed by atoms with Gasteiger partial charge in [-0.15, -0.1) is 0 Å². The maximum absolute atomic E-state index is 12.8. The van der Waals surface area contributed by atoms with Crippen molar-refractivity contribution in [1.29, 1.82) is 0 Å². The first-order valence-corrected chi connectivity index (χ1v) is 5.15. The maximum atomic E-state index is 12.8. The minimum atomic E-state index is -8.72. The van der Waals surface area contributed by atoms with Gasteiger partial charge >= 0.3 is 49.3 Å². The van der Waals surface area contributed by atoms with Gasteiger partial charge in [0.15, 0.2) is 0 Å². The molecule has 18 heteroatoms. The van der Waals surface area contributed by atoms with Crippen molar-refractivity contribution >= 4 is 0 Å². The Hall–Kier alpha value is -1.26. The molecule has 0 aromatic heterocycles. The molecule has 0 amide bonds. The Balaban J connectivity index is 0. The second-order valence-corrected chi connectivity index (χ2v) is 4.44. The minimum absolute atomic E-state index is 0. The van der Waals surface area contributed by atoms with Crippen LogP contribution in [0.25, 0.3) is 0 Å². The summed E-state index contributed by atoms with van der Waals surface area (Å²) in [5.41, 5.74) is 0. The van der Waals surface area contributed by atoms with Gasteiger partial charge in [0, 0.05) is 0 Å². The van der Waals surface area contributed by atoms with Crippen LogP contribution in [0.3, 0.4) is 0 Å². The number of hydrogen-bond acceptors (Lipinski definition) is 0. The highest BCUT2D eigenvalue weighted by Gasteiger charge is 2.95. The van der Waals surface area contributed by atoms with E-state index in [1.807, 2.05) is 0 Å². The fraction of sp³-hybridized carbons (Fsp3) is 1.00. The average molecular weight is 439 g/mol. The molecule has 0 saturated carbocycles. The lowest BCUT2D eigenvalue weighted by Crippen LogP contribution is -2.74. The van der Waals surface area contributed by atoms with Crippen LogP contribution >= 0.6 is 0 Å². The van der Waals surface area contributed by atoms with Crippen LogP contribution in [0.5, 0.6) is 0 Å². The first kappa shape index (κ1) is 24.7. The van der Waals surface area contributed by atoms with Gasteiger partial charge in [-0.1, -0.05) is 0 Å². The molecule has 0 aromatic rings. The first-order chi connectivity index (χ1) is 10.8. The SMILES string of the molecule is FC(F)(F)C(F)(F)C(F)(F)C(F)(F)C(F)(F)C(F)(F)C(F)(F)C(F)(F)F.[H+]. The summed E-state index contributed by atoms with van der Waals surface area (Å²) < 4.78 is 221. The summed E-state index contributed by atoms with van der Waals surface area (Å²) in [6.07, 6.45) is -15.6. The smallest absolute Gasteiger partial charge is 0.192 e. The molecule has 158 valence electrons. The number of rotatable bonds is 5. The molecule has 0 saturated heterocycles. The van der Waals surface area contributed by atoms with Crippen molar-refractivity contribution in [2.45, 2.75) is 47.9 Å². The highest BCUT2D eigenvalue weighted by molar-refractivity contribution is 5.14. The molecule has 0 bridgehead atoms. The van der Waals surface area contributed by atoms with Crippen LogP contribution in [0.4, 0.5) is 79.0 Å². The van der Waals surface area contributed by atoms with Crippen molar-refractivity contribution in [3.8, 4) is 0 Å². The molecule has 0 N–H and O–H groups in total. The van der Waals surface area contributed by atoms with E-state index in [1.165, 1.54) is 0 Å². The Morgan fingerprint density at radius 2 is 0.346 bits per heavy atom. The molecule has 0 spiro atoms. The largest absolute Gasteiger partial charge is 1.00 e. The highest BCUT2D eigenvalue weighted by Crippen LogP contribution is 2.63. The van der Waals surface area contributed by atoms with Crippen LogP contribution < -0.4 is 0 Å². The van der Waals surface area contributed by atoms with E-state index in [-0.39, 0.29) is 1.43 Å². The molecular weight excluding hydrogens is 438 g/mol. The van der Waals surface area contributed by atoms with E-state index in [4.69, 9.17) is 0 Å². The van der Waals surface area contributed by atoms with Crippen molar-refractivity contribution in [2.75, 3.05) is 0 Å². The van der Waals surface area contributed by atoms with Gasteiger partial charge in [0.1, 0.15) is 0 Å². The molecule has 0 atom stereocenters. The number of alkyl halides is 18. The first-order valence-electron chi connectivity index (χ1n) is 5.15. The van der Waals surface area contributed by atoms with E-state index in [0.717, 1.165) is 0 Å². The zero-order valence-corrected chi connectivity index (χ0v) is 10.8. The van der Waals surface area contributed by atoms with Gasteiger partial charge in [-0.25, -0.2) is 0 Å². The molecule has 0 aromatic carbocycles. The highest BCUT2D eigenvalue weighted by atomic mass is 19.4. The van der Waals surface area contributed by atoms with Gasteiger partial charge in [-0.05, 0) is 0 Å². The van der Waals surface area contributed by atoms with Gasteiger partial charge in [0.05, 0.1) is 0 Å². The van der Waals surface area contributed by atoms with Crippen LogP contribution in [0.1, 0.15) is 1.43 Å². The molecule has 26 heavy (non-hydrogen) atoms. The van der Waals surface area contributed by atoms with Crippen molar-refractivity contribution in [3.05, 3.63) is 0 Å². The molecule has 0 aliphatic rings. The second-order valence-electron chi connectivity index (χ2n) is 4.44. The van der Waals surface area contributed by atoms with Crippen LogP contribution in [0.2, 0.25) is 0 Å². The van der Waals surface area contributed by atoms with Gasteiger partial charge in [-0.2, -0.15) is 79.0 Å². The predicted molar refractivity (Wildman–Crippen MR) is 42.9 cm³/mol. The lowest BCUT2D eigenvalue weighted by atomic mass is 9.91. The average Bonchev–Trinajstić information content (AvgIpc) is 2.34.